The molecular weight excluding hydrogens is 378 g/mol. The lowest BCUT2D eigenvalue weighted by Gasteiger charge is -2.36. The van der Waals surface area contributed by atoms with Gasteiger partial charge in [-0.3, -0.25) is 4.79 Å². The van der Waals surface area contributed by atoms with E-state index >= 15 is 0 Å². The van der Waals surface area contributed by atoms with Crippen LogP contribution < -0.4 is 10.2 Å². The van der Waals surface area contributed by atoms with Crippen LogP contribution in [0.5, 0.6) is 0 Å². The topological polar surface area (TPSA) is 88.6 Å². The van der Waals surface area contributed by atoms with Crippen LogP contribution in [0.1, 0.15) is 29.8 Å². The predicted molar refractivity (Wildman–Crippen MR) is 109 cm³/mol. The number of pyridine rings is 1. The van der Waals surface area contributed by atoms with Crippen molar-refractivity contribution >= 4 is 27.2 Å². The van der Waals surface area contributed by atoms with Gasteiger partial charge >= 0.3 is 0 Å². The number of carbonyl (C=O) groups excluding carboxylic acids is 1. The van der Waals surface area contributed by atoms with Crippen molar-refractivity contribution in [3.63, 3.8) is 0 Å². The van der Waals surface area contributed by atoms with E-state index < -0.39 is 9.84 Å². The summed E-state index contributed by atoms with van der Waals surface area (Å²) in [4.78, 5) is 19.3. The van der Waals surface area contributed by atoms with E-state index in [0.29, 0.717) is 16.8 Å². The lowest BCUT2D eigenvalue weighted by atomic mass is 10.2. The minimum absolute atomic E-state index is 0.131. The SMILES string of the molecule is Cc1cc(NC(=O)c2ccc(N3CC(C)OC(C)C3)nc2)ccc1S(C)(=O)=O. The first-order chi connectivity index (χ1) is 13.1. The fourth-order valence-corrected chi connectivity index (χ4v) is 4.38. The molecule has 0 bridgehead atoms. The van der Waals surface area contributed by atoms with E-state index in [4.69, 9.17) is 4.74 Å². The molecule has 2 atom stereocenters. The van der Waals surface area contributed by atoms with E-state index in [9.17, 15) is 13.2 Å². The normalized spacial score (nSPS) is 20.1. The molecule has 1 amide bonds. The van der Waals surface area contributed by atoms with Gasteiger partial charge < -0.3 is 15.0 Å². The van der Waals surface area contributed by atoms with Crippen molar-refractivity contribution in [2.24, 2.45) is 0 Å². The van der Waals surface area contributed by atoms with Crippen molar-refractivity contribution in [3.05, 3.63) is 47.7 Å². The maximum Gasteiger partial charge on any atom is 0.257 e. The van der Waals surface area contributed by atoms with Crippen LogP contribution in [0.4, 0.5) is 11.5 Å². The lowest BCUT2D eigenvalue weighted by molar-refractivity contribution is -0.00546. The Morgan fingerprint density at radius 2 is 1.86 bits per heavy atom. The molecule has 0 spiro atoms. The zero-order valence-electron chi connectivity index (χ0n) is 16.5. The summed E-state index contributed by atoms with van der Waals surface area (Å²) in [6.45, 7) is 7.28. The van der Waals surface area contributed by atoms with Crippen LogP contribution >= 0.6 is 0 Å². The molecule has 3 rings (SSSR count). The van der Waals surface area contributed by atoms with E-state index in [1.165, 1.54) is 6.07 Å². The predicted octanol–water partition coefficient (Wildman–Crippen LogP) is 2.66. The Bertz CT molecular complexity index is 963. The highest BCUT2D eigenvalue weighted by Gasteiger charge is 2.23. The number of aryl methyl sites for hydroxylation is 1. The number of morpholine rings is 1. The van der Waals surface area contributed by atoms with Crippen molar-refractivity contribution in [2.45, 2.75) is 37.9 Å². The van der Waals surface area contributed by atoms with E-state index in [2.05, 4.69) is 15.2 Å². The first kappa shape index (κ1) is 20.3. The average molecular weight is 404 g/mol. The fourth-order valence-electron chi connectivity index (χ4n) is 3.42. The number of aromatic nitrogens is 1. The average Bonchev–Trinajstić information content (AvgIpc) is 2.60. The molecule has 2 unspecified atom stereocenters. The van der Waals surface area contributed by atoms with Gasteiger partial charge in [0.15, 0.2) is 9.84 Å². The Morgan fingerprint density at radius 1 is 1.18 bits per heavy atom. The van der Waals surface area contributed by atoms with Gasteiger partial charge in [-0.2, -0.15) is 0 Å². The molecule has 1 aromatic carbocycles. The number of ether oxygens (including phenoxy) is 1. The van der Waals surface area contributed by atoms with Gasteiger partial charge in [-0.15, -0.1) is 0 Å². The van der Waals surface area contributed by atoms with E-state index in [0.717, 1.165) is 25.2 Å². The third-order valence-electron chi connectivity index (χ3n) is 4.59. The maximum absolute atomic E-state index is 12.5. The number of anilines is 2. The zero-order chi connectivity index (χ0) is 20.5. The molecule has 8 heteroatoms. The molecule has 0 aliphatic carbocycles. The summed E-state index contributed by atoms with van der Waals surface area (Å²) in [5.74, 6) is 0.515. The summed E-state index contributed by atoms with van der Waals surface area (Å²) in [5, 5.41) is 2.78. The zero-order valence-corrected chi connectivity index (χ0v) is 17.3. The van der Waals surface area contributed by atoms with Crippen LogP contribution in [0.15, 0.2) is 41.4 Å². The van der Waals surface area contributed by atoms with E-state index in [1.807, 2.05) is 19.9 Å². The molecule has 0 saturated carbocycles. The molecule has 1 aliphatic heterocycles. The Morgan fingerprint density at radius 3 is 2.39 bits per heavy atom. The molecule has 1 fully saturated rings. The number of nitrogens with zero attached hydrogens (tertiary/aromatic N) is 2. The largest absolute Gasteiger partial charge is 0.372 e. The smallest absolute Gasteiger partial charge is 0.257 e. The quantitative estimate of drug-likeness (QED) is 0.844. The van der Waals surface area contributed by atoms with Gasteiger partial charge in [0.25, 0.3) is 5.91 Å². The lowest BCUT2D eigenvalue weighted by Crippen LogP contribution is -2.45. The first-order valence-electron chi connectivity index (χ1n) is 9.12. The van der Waals surface area contributed by atoms with Gasteiger partial charge in [-0.05, 0) is 56.7 Å². The summed E-state index contributed by atoms with van der Waals surface area (Å²) in [5.41, 5.74) is 1.56. The second-order valence-corrected chi connectivity index (χ2v) is 9.26. The Hall–Kier alpha value is -2.45. The summed E-state index contributed by atoms with van der Waals surface area (Å²) < 4.78 is 29.1. The molecule has 150 valence electrons. The molecular formula is C20H25N3O4S. The third kappa shape index (κ3) is 4.69. The van der Waals surface area contributed by atoms with Gasteiger partial charge in [-0.25, -0.2) is 13.4 Å². The first-order valence-corrected chi connectivity index (χ1v) is 11.0. The molecule has 0 radical (unpaired) electrons. The fraction of sp³-hybridized carbons (Fsp3) is 0.400. The second-order valence-electron chi connectivity index (χ2n) is 7.27. The van der Waals surface area contributed by atoms with Crippen molar-refractivity contribution in [1.82, 2.24) is 4.98 Å². The van der Waals surface area contributed by atoms with Gasteiger partial charge in [-0.1, -0.05) is 0 Å². The van der Waals surface area contributed by atoms with Crippen molar-refractivity contribution in [2.75, 3.05) is 29.6 Å². The Kier molecular flexibility index (Phi) is 5.71. The second kappa shape index (κ2) is 7.89. The van der Waals surface area contributed by atoms with Crippen molar-refractivity contribution < 1.29 is 17.9 Å². The highest BCUT2D eigenvalue weighted by molar-refractivity contribution is 7.90. The summed E-state index contributed by atoms with van der Waals surface area (Å²) in [6.07, 6.45) is 2.97. The van der Waals surface area contributed by atoms with Crippen molar-refractivity contribution in [1.29, 1.82) is 0 Å². The summed E-state index contributed by atoms with van der Waals surface area (Å²) in [7, 11) is -3.29. The minimum atomic E-state index is -3.29. The highest BCUT2D eigenvalue weighted by atomic mass is 32.2. The van der Waals surface area contributed by atoms with Crippen LogP contribution in [0.3, 0.4) is 0 Å². The minimum Gasteiger partial charge on any atom is -0.372 e. The van der Waals surface area contributed by atoms with Crippen LogP contribution in [0, 0.1) is 6.92 Å². The van der Waals surface area contributed by atoms with Gasteiger partial charge in [0.05, 0.1) is 22.7 Å². The molecule has 7 nitrogen and oxygen atoms in total. The Balaban J connectivity index is 1.71. The monoisotopic (exact) mass is 403 g/mol. The third-order valence-corrected chi connectivity index (χ3v) is 5.84. The van der Waals surface area contributed by atoms with Crippen LogP contribution in [-0.4, -0.2) is 50.9 Å². The van der Waals surface area contributed by atoms with E-state index in [1.54, 1.807) is 31.3 Å². The highest BCUT2D eigenvalue weighted by Crippen LogP contribution is 2.21. The number of carbonyl (C=O) groups is 1. The van der Waals surface area contributed by atoms with Crippen LogP contribution in [0.25, 0.3) is 0 Å². The molecule has 1 aromatic heterocycles. The number of benzene rings is 1. The molecule has 1 saturated heterocycles. The van der Waals surface area contributed by atoms with Gasteiger partial charge in [0.1, 0.15) is 5.82 Å². The number of amides is 1. The van der Waals surface area contributed by atoms with Crippen molar-refractivity contribution in [3.8, 4) is 0 Å². The number of rotatable bonds is 4. The van der Waals surface area contributed by atoms with Crippen LogP contribution in [-0.2, 0) is 14.6 Å². The molecule has 2 aromatic rings. The molecule has 28 heavy (non-hydrogen) atoms. The summed E-state index contributed by atoms with van der Waals surface area (Å²) in [6, 6.07) is 8.30. The van der Waals surface area contributed by atoms with Crippen LogP contribution in [0.2, 0.25) is 0 Å². The summed E-state index contributed by atoms with van der Waals surface area (Å²) >= 11 is 0. The molecule has 1 N–H and O–H groups in total. The number of nitrogens with one attached hydrogen (secondary N) is 1. The van der Waals surface area contributed by atoms with Gasteiger partial charge in [0.2, 0.25) is 0 Å². The Labute approximate surface area is 165 Å². The number of hydrogen-bond donors (Lipinski definition) is 1. The number of hydrogen-bond acceptors (Lipinski definition) is 6. The maximum atomic E-state index is 12.5. The standard InChI is InChI=1S/C20H25N3O4S/c1-13-9-17(6-7-18(13)28(4,25)26)22-20(24)16-5-8-19(21-10-16)23-11-14(2)27-15(3)12-23/h5-10,14-15H,11-12H2,1-4H3,(H,22,24). The van der Waals surface area contributed by atoms with Gasteiger partial charge in [0, 0.05) is 31.2 Å². The molecule has 2 heterocycles. The molecule has 1 aliphatic rings. The number of sulfone groups is 1. The van der Waals surface area contributed by atoms with E-state index in [-0.39, 0.29) is 23.0 Å².